The number of aryl methyl sites for hydroxylation is 1. The van der Waals surface area contributed by atoms with Gasteiger partial charge in [-0.15, -0.1) is 4.91 Å². The maximum Gasteiger partial charge on any atom is 0.322 e. The number of hydrogen-bond donors (Lipinski definition) is 1. The number of aromatic nitrogens is 1. The fourth-order valence-corrected chi connectivity index (χ4v) is 3.08. The second kappa shape index (κ2) is 7.41. The van der Waals surface area contributed by atoms with E-state index in [4.69, 9.17) is 0 Å². The summed E-state index contributed by atoms with van der Waals surface area (Å²) in [4.78, 5) is 35.0. The van der Waals surface area contributed by atoms with Gasteiger partial charge in [0.2, 0.25) is 5.43 Å². The molecule has 1 N–H and O–H groups in total. The van der Waals surface area contributed by atoms with Crippen molar-refractivity contribution in [2.75, 3.05) is 6.61 Å². The minimum Gasteiger partial charge on any atom is -0.395 e. The molecule has 0 unspecified atom stereocenters. The van der Waals surface area contributed by atoms with Crippen molar-refractivity contribution in [1.82, 2.24) is 4.57 Å². The van der Waals surface area contributed by atoms with Crippen LogP contribution < -0.4 is 5.43 Å². The molecule has 0 saturated carbocycles. The first kappa shape index (κ1) is 17.7. The van der Waals surface area contributed by atoms with Crippen molar-refractivity contribution in [2.45, 2.75) is 19.9 Å². The zero-order valence-corrected chi connectivity index (χ0v) is 14.3. The third kappa shape index (κ3) is 3.32. The third-order valence-corrected chi connectivity index (χ3v) is 4.45. The van der Waals surface area contributed by atoms with Crippen molar-refractivity contribution in [2.24, 2.45) is 5.18 Å². The molecule has 1 aromatic heterocycles. The van der Waals surface area contributed by atoms with Crippen LogP contribution in [0, 0.1) is 11.8 Å². The van der Waals surface area contributed by atoms with Crippen molar-refractivity contribution >= 4 is 16.8 Å². The molecule has 0 spiro atoms. The summed E-state index contributed by atoms with van der Waals surface area (Å²) in [5, 5.41) is 11.9. The molecule has 6 heteroatoms. The molecule has 0 bridgehead atoms. The molecule has 26 heavy (non-hydrogen) atoms. The highest BCUT2D eigenvalue weighted by atomic mass is 16.3. The van der Waals surface area contributed by atoms with Gasteiger partial charge in [-0.1, -0.05) is 30.3 Å². The van der Waals surface area contributed by atoms with Crippen LogP contribution in [0.2, 0.25) is 0 Å². The predicted octanol–water partition coefficient (Wildman–Crippen LogP) is 2.80. The summed E-state index contributed by atoms with van der Waals surface area (Å²) in [7, 11) is 0. The number of carbonyl (C=O) groups excluding carboxylic acids is 1. The number of pyridine rings is 1. The Balaban J connectivity index is 2.17. The van der Waals surface area contributed by atoms with Gasteiger partial charge in [0.15, 0.2) is 0 Å². The van der Waals surface area contributed by atoms with Gasteiger partial charge < -0.3 is 9.67 Å². The quantitative estimate of drug-likeness (QED) is 0.717. The molecule has 0 aliphatic carbocycles. The molecule has 0 aliphatic rings. The molecule has 2 aromatic carbocycles. The Morgan fingerprint density at radius 1 is 1.19 bits per heavy atom. The number of amides is 1. The van der Waals surface area contributed by atoms with E-state index in [-0.39, 0.29) is 18.7 Å². The number of aliphatic hydroxyl groups excluding tert-OH is 1. The number of fused-ring (bicyclic) bond motifs is 1. The molecule has 0 atom stereocenters. The first-order valence-electron chi connectivity index (χ1n) is 8.24. The van der Waals surface area contributed by atoms with Crippen LogP contribution >= 0.6 is 0 Å². The second-order valence-corrected chi connectivity index (χ2v) is 6.14. The van der Waals surface area contributed by atoms with E-state index in [9.17, 15) is 19.6 Å². The average Bonchev–Trinajstić information content (AvgIpc) is 2.65. The summed E-state index contributed by atoms with van der Waals surface area (Å²) in [5.41, 5.74) is 3.01. The highest BCUT2D eigenvalue weighted by Gasteiger charge is 2.16. The number of carbonyl (C=O) groups is 1. The van der Waals surface area contributed by atoms with Crippen LogP contribution in [0.1, 0.15) is 27.0 Å². The average molecular weight is 350 g/mol. The van der Waals surface area contributed by atoms with Crippen molar-refractivity contribution in [3.63, 3.8) is 0 Å². The van der Waals surface area contributed by atoms with E-state index in [2.05, 4.69) is 5.18 Å². The molecular formula is C20H18N2O4. The van der Waals surface area contributed by atoms with Crippen LogP contribution in [0.4, 0.5) is 0 Å². The molecule has 3 rings (SSSR count). The lowest BCUT2D eigenvalue weighted by Gasteiger charge is -2.12. The van der Waals surface area contributed by atoms with Crippen molar-refractivity contribution in [3.05, 3.63) is 86.0 Å². The Morgan fingerprint density at radius 3 is 2.65 bits per heavy atom. The molecule has 1 amide bonds. The van der Waals surface area contributed by atoms with E-state index >= 15 is 0 Å². The minimum absolute atomic E-state index is 0.162. The van der Waals surface area contributed by atoms with Gasteiger partial charge >= 0.3 is 5.91 Å². The molecule has 132 valence electrons. The maximum atomic E-state index is 12.7. The number of aliphatic hydroxyl groups is 1. The number of benzene rings is 2. The summed E-state index contributed by atoms with van der Waals surface area (Å²) in [6.45, 7) is 2.06. The Kier molecular flexibility index (Phi) is 5.04. The lowest BCUT2D eigenvalue weighted by atomic mass is 9.99. The van der Waals surface area contributed by atoms with Crippen LogP contribution in [-0.4, -0.2) is 22.2 Å². The van der Waals surface area contributed by atoms with Crippen LogP contribution in [0.15, 0.2) is 58.6 Å². The van der Waals surface area contributed by atoms with Crippen molar-refractivity contribution in [1.29, 1.82) is 0 Å². The van der Waals surface area contributed by atoms with E-state index < -0.39 is 11.3 Å². The Morgan fingerprint density at radius 2 is 1.96 bits per heavy atom. The Hall–Kier alpha value is -3.12. The van der Waals surface area contributed by atoms with Gasteiger partial charge in [0.05, 0.1) is 12.1 Å². The lowest BCUT2D eigenvalue weighted by Crippen LogP contribution is -2.19. The van der Waals surface area contributed by atoms with E-state index in [0.717, 1.165) is 16.7 Å². The summed E-state index contributed by atoms with van der Waals surface area (Å²) in [6, 6.07) is 13.4. The number of nitrogens with zero attached hydrogens (tertiary/aromatic N) is 2. The van der Waals surface area contributed by atoms with Gasteiger partial charge in [-0.25, -0.2) is 0 Å². The van der Waals surface area contributed by atoms with Gasteiger partial charge in [0.1, 0.15) is 5.56 Å². The molecule has 0 radical (unpaired) electrons. The van der Waals surface area contributed by atoms with Crippen LogP contribution in [-0.2, 0) is 13.0 Å². The fourth-order valence-electron chi connectivity index (χ4n) is 3.08. The summed E-state index contributed by atoms with van der Waals surface area (Å²) >= 11 is 0. The Bertz CT molecular complexity index is 1050. The highest BCUT2D eigenvalue weighted by molar-refractivity contribution is 5.97. The zero-order chi connectivity index (χ0) is 18.7. The van der Waals surface area contributed by atoms with Gasteiger partial charge in [0.25, 0.3) is 0 Å². The van der Waals surface area contributed by atoms with Gasteiger partial charge in [-0.3, -0.25) is 9.59 Å². The molecule has 0 aliphatic heterocycles. The molecule has 0 saturated heterocycles. The zero-order valence-electron chi connectivity index (χ0n) is 14.3. The lowest BCUT2D eigenvalue weighted by molar-refractivity contribution is 0.0999. The Labute approximate surface area is 149 Å². The summed E-state index contributed by atoms with van der Waals surface area (Å²) in [5.74, 6) is -1.10. The van der Waals surface area contributed by atoms with Gasteiger partial charge in [-0.05, 0) is 42.2 Å². The minimum atomic E-state index is -1.10. The molecular weight excluding hydrogens is 332 g/mol. The molecule has 1 heterocycles. The SMILES string of the molecule is Cc1ccccc1Cc1ccc2c(c1)c(=O)c(C(=O)N=O)cn2CCO. The number of rotatable bonds is 5. The molecule has 6 nitrogen and oxygen atoms in total. The smallest absolute Gasteiger partial charge is 0.322 e. The maximum absolute atomic E-state index is 12.7. The predicted molar refractivity (Wildman–Crippen MR) is 99.4 cm³/mol. The second-order valence-electron chi connectivity index (χ2n) is 6.14. The van der Waals surface area contributed by atoms with Crippen molar-refractivity contribution < 1.29 is 9.90 Å². The van der Waals surface area contributed by atoms with Gasteiger partial charge in [-0.2, -0.15) is 0 Å². The fraction of sp³-hybridized carbons (Fsp3) is 0.200. The monoisotopic (exact) mass is 350 g/mol. The van der Waals surface area contributed by atoms with E-state index in [1.54, 1.807) is 16.7 Å². The van der Waals surface area contributed by atoms with Crippen molar-refractivity contribution in [3.8, 4) is 0 Å². The first-order valence-corrected chi connectivity index (χ1v) is 8.24. The highest BCUT2D eigenvalue weighted by Crippen LogP contribution is 2.19. The topological polar surface area (TPSA) is 88.7 Å². The first-order chi connectivity index (χ1) is 12.5. The van der Waals surface area contributed by atoms with E-state index in [1.807, 2.05) is 37.3 Å². The molecule has 0 fully saturated rings. The normalized spacial score (nSPS) is 10.8. The van der Waals surface area contributed by atoms with E-state index in [0.29, 0.717) is 17.3 Å². The number of nitroso groups, excluding NO2 is 1. The van der Waals surface area contributed by atoms with Crippen LogP contribution in [0.3, 0.4) is 0 Å². The van der Waals surface area contributed by atoms with Crippen LogP contribution in [0.5, 0.6) is 0 Å². The van der Waals surface area contributed by atoms with E-state index in [1.165, 1.54) is 6.20 Å². The summed E-state index contributed by atoms with van der Waals surface area (Å²) in [6.07, 6.45) is 1.93. The third-order valence-electron chi connectivity index (χ3n) is 4.45. The largest absolute Gasteiger partial charge is 0.395 e. The standard InChI is InChI=1S/C20H18N2O4/c1-13-4-2-3-5-15(13)10-14-6-7-18-16(11-14)19(24)17(20(25)21-26)12-22(18)8-9-23/h2-7,11-12,23H,8-10H2,1H3. The van der Waals surface area contributed by atoms with Crippen LogP contribution in [0.25, 0.3) is 10.9 Å². The van der Waals surface area contributed by atoms with Gasteiger partial charge in [0, 0.05) is 23.3 Å². The summed E-state index contributed by atoms with van der Waals surface area (Å²) < 4.78 is 1.59. The number of hydrogen-bond acceptors (Lipinski definition) is 4. The molecule has 3 aromatic rings.